The molecule has 1 aliphatic rings. The van der Waals surface area contributed by atoms with Crippen molar-refractivity contribution in [3.05, 3.63) is 113 Å². The first-order chi connectivity index (χ1) is 18.3. The number of rotatable bonds is 7. The van der Waals surface area contributed by atoms with Crippen LogP contribution in [0.5, 0.6) is 5.75 Å². The number of aliphatic hydroxyl groups excluding tert-OH is 1. The fourth-order valence-corrected chi connectivity index (χ4v) is 6.56. The topological polar surface area (TPSA) is 85.2 Å². The molecule has 0 bridgehead atoms. The molecule has 194 valence electrons. The fourth-order valence-electron chi connectivity index (χ4n) is 3.42. The smallest absolute Gasteiger partial charge is 0.344 e. The van der Waals surface area contributed by atoms with Gasteiger partial charge in [-0.25, -0.2) is 14.2 Å². The van der Waals surface area contributed by atoms with E-state index in [0.29, 0.717) is 16.2 Å². The molecule has 0 atom stereocenters. The van der Waals surface area contributed by atoms with Crippen LogP contribution in [0.1, 0.15) is 28.4 Å². The van der Waals surface area contributed by atoms with E-state index in [-0.39, 0.29) is 35.4 Å². The molecule has 0 saturated heterocycles. The van der Waals surface area contributed by atoms with Crippen molar-refractivity contribution in [1.82, 2.24) is 0 Å². The minimum Gasteiger partial charge on any atom is -0.506 e. The van der Waals surface area contributed by atoms with Crippen LogP contribution < -0.4 is 4.74 Å². The predicted octanol–water partition coefficient (Wildman–Crippen LogP) is 7.32. The van der Waals surface area contributed by atoms with Crippen LogP contribution >= 0.6 is 56.9 Å². The Kier molecular flexibility index (Phi) is 9.60. The summed E-state index contributed by atoms with van der Waals surface area (Å²) in [6.07, 6.45) is 1.71. The fraction of sp³-hybridized carbons (Fsp3) is 0.107. The zero-order valence-electron chi connectivity index (χ0n) is 19.9. The Balaban J connectivity index is 1.62. The lowest BCUT2D eigenvalue weighted by atomic mass is 10.1. The molecule has 0 aliphatic carbocycles. The van der Waals surface area contributed by atoms with Gasteiger partial charge >= 0.3 is 5.97 Å². The number of nitrogens with zero attached hydrogens (tertiary/aromatic N) is 1. The van der Waals surface area contributed by atoms with Gasteiger partial charge in [-0.05, 0) is 106 Å². The molecule has 3 aromatic rings. The number of thioether (sulfide) groups is 1. The summed E-state index contributed by atoms with van der Waals surface area (Å²) in [5.74, 6) is -1.21. The lowest BCUT2D eigenvalue weighted by Gasteiger charge is -2.12. The molecule has 0 saturated carbocycles. The van der Waals surface area contributed by atoms with E-state index in [1.807, 2.05) is 12.1 Å². The Hall–Kier alpha value is -2.71. The normalized spacial score (nSPS) is 15.3. The van der Waals surface area contributed by atoms with Crippen LogP contribution in [-0.2, 0) is 16.1 Å². The van der Waals surface area contributed by atoms with Gasteiger partial charge in [0.05, 0.1) is 18.7 Å². The number of benzene rings is 3. The molecular formula is C28H20FI2NO5S. The van der Waals surface area contributed by atoms with Gasteiger partial charge in [0.2, 0.25) is 0 Å². The number of halogens is 3. The quantitative estimate of drug-likeness (QED) is 0.201. The molecule has 6 nitrogen and oxygen atoms in total. The SMILES string of the molecule is CCOC(=O)C1=C(O)/C(=C/c2cc(I)c(OCc3ccc(F)cc3)c(I)c2)SC1=NC(=O)c1ccccc1. The molecule has 38 heavy (non-hydrogen) atoms. The maximum atomic E-state index is 13.2. The van der Waals surface area contributed by atoms with Crippen molar-refractivity contribution < 1.29 is 28.6 Å². The van der Waals surface area contributed by atoms with Gasteiger partial charge in [-0.1, -0.05) is 42.1 Å². The minimum absolute atomic E-state index is 0.0738. The average molecular weight is 755 g/mol. The van der Waals surface area contributed by atoms with Crippen LogP contribution in [-0.4, -0.2) is 28.6 Å². The maximum absolute atomic E-state index is 13.2. The first kappa shape index (κ1) is 28.3. The number of esters is 1. The highest BCUT2D eigenvalue weighted by Gasteiger charge is 2.34. The highest BCUT2D eigenvalue weighted by Crippen LogP contribution is 2.40. The summed E-state index contributed by atoms with van der Waals surface area (Å²) < 4.78 is 25.9. The van der Waals surface area contributed by atoms with E-state index in [2.05, 4.69) is 50.2 Å². The highest BCUT2D eigenvalue weighted by molar-refractivity contribution is 14.1. The second-order valence-electron chi connectivity index (χ2n) is 7.87. The second kappa shape index (κ2) is 12.9. The molecular weight excluding hydrogens is 735 g/mol. The third kappa shape index (κ3) is 6.83. The molecule has 0 unspecified atom stereocenters. The summed E-state index contributed by atoms with van der Waals surface area (Å²) in [5.41, 5.74) is 1.81. The summed E-state index contributed by atoms with van der Waals surface area (Å²) in [6, 6.07) is 18.3. The molecule has 1 aliphatic heterocycles. The average Bonchev–Trinajstić information content (AvgIpc) is 3.19. The summed E-state index contributed by atoms with van der Waals surface area (Å²) >= 11 is 5.34. The van der Waals surface area contributed by atoms with Crippen LogP contribution in [0.4, 0.5) is 4.39 Å². The van der Waals surface area contributed by atoms with Crippen molar-refractivity contribution in [2.24, 2.45) is 4.99 Å². The molecule has 1 heterocycles. The van der Waals surface area contributed by atoms with E-state index in [4.69, 9.17) is 9.47 Å². The molecule has 0 aromatic heterocycles. The number of carbonyl (C=O) groups is 2. The van der Waals surface area contributed by atoms with E-state index >= 15 is 0 Å². The van der Waals surface area contributed by atoms with Crippen molar-refractivity contribution in [2.75, 3.05) is 6.61 Å². The summed E-state index contributed by atoms with van der Waals surface area (Å²) in [6.45, 7) is 2.04. The van der Waals surface area contributed by atoms with E-state index in [1.165, 1.54) is 12.1 Å². The van der Waals surface area contributed by atoms with E-state index in [0.717, 1.165) is 30.0 Å². The molecule has 0 spiro atoms. The van der Waals surface area contributed by atoms with Crippen LogP contribution in [0, 0.1) is 13.0 Å². The molecule has 0 radical (unpaired) electrons. The van der Waals surface area contributed by atoms with Gasteiger partial charge in [0, 0.05) is 5.56 Å². The third-order valence-corrected chi connectivity index (χ3v) is 7.83. The van der Waals surface area contributed by atoms with Crippen molar-refractivity contribution in [2.45, 2.75) is 13.5 Å². The Bertz CT molecular complexity index is 1450. The number of aliphatic hydroxyl groups is 1. The number of ether oxygens (including phenoxy) is 2. The number of amides is 1. The van der Waals surface area contributed by atoms with Gasteiger partial charge in [-0.3, -0.25) is 4.79 Å². The van der Waals surface area contributed by atoms with Gasteiger partial charge in [0.1, 0.15) is 34.5 Å². The first-order valence-electron chi connectivity index (χ1n) is 11.3. The number of carbonyl (C=O) groups excluding carboxylic acids is 2. The minimum atomic E-state index is -0.755. The number of aliphatic imine (C=N–C) groups is 1. The molecule has 10 heteroatoms. The zero-order chi connectivity index (χ0) is 27.2. The molecule has 3 aromatic carbocycles. The molecule has 1 amide bonds. The summed E-state index contributed by atoms with van der Waals surface area (Å²) in [4.78, 5) is 29.8. The summed E-state index contributed by atoms with van der Waals surface area (Å²) in [7, 11) is 0. The van der Waals surface area contributed by atoms with Crippen LogP contribution in [0.2, 0.25) is 0 Å². The van der Waals surface area contributed by atoms with Crippen molar-refractivity contribution in [3.8, 4) is 5.75 Å². The van der Waals surface area contributed by atoms with Crippen LogP contribution in [0.15, 0.2) is 88.0 Å². The molecule has 4 rings (SSSR count). The van der Waals surface area contributed by atoms with Crippen LogP contribution in [0.3, 0.4) is 0 Å². The van der Waals surface area contributed by atoms with Gasteiger partial charge < -0.3 is 14.6 Å². The maximum Gasteiger partial charge on any atom is 0.344 e. The first-order valence-corrected chi connectivity index (χ1v) is 14.3. The van der Waals surface area contributed by atoms with Gasteiger partial charge in [-0.15, -0.1) is 0 Å². The lowest BCUT2D eigenvalue weighted by molar-refractivity contribution is -0.138. The Morgan fingerprint density at radius 3 is 2.34 bits per heavy atom. The van der Waals surface area contributed by atoms with Gasteiger partial charge in [0.25, 0.3) is 5.91 Å². The predicted molar refractivity (Wildman–Crippen MR) is 163 cm³/mol. The zero-order valence-corrected chi connectivity index (χ0v) is 25.0. The highest BCUT2D eigenvalue weighted by atomic mass is 127. The number of hydrogen-bond donors (Lipinski definition) is 1. The standard InChI is InChI=1S/C28H20FI2NO5S/c1-2-36-28(35)23-24(33)22(38-27(23)32-26(34)18-6-4-3-5-7-18)14-17-12-20(30)25(21(31)13-17)37-15-16-8-10-19(29)11-9-16/h3-14,33H,2,15H2,1H3/b22-14-,32-27?. The van der Waals surface area contributed by atoms with Gasteiger partial charge in [-0.2, -0.15) is 0 Å². The van der Waals surface area contributed by atoms with Crippen molar-refractivity contribution >= 4 is 79.9 Å². The monoisotopic (exact) mass is 755 g/mol. The second-order valence-corrected chi connectivity index (χ2v) is 11.2. The van der Waals surface area contributed by atoms with Gasteiger partial charge in [0.15, 0.2) is 0 Å². The Labute approximate surface area is 250 Å². The largest absolute Gasteiger partial charge is 0.506 e. The Morgan fingerprint density at radius 2 is 1.71 bits per heavy atom. The van der Waals surface area contributed by atoms with Crippen LogP contribution in [0.25, 0.3) is 6.08 Å². The summed E-state index contributed by atoms with van der Waals surface area (Å²) in [5, 5.41) is 11.0. The third-order valence-electron chi connectivity index (χ3n) is 5.21. The Morgan fingerprint density at radius 1 is 1.05 bits per heavy atom. The molecule has 1 N–H and O–H groups in total. The number of hydrogen-bond acceptors (Lipinski definition) is 6. The van der Waals surface area contributed by atoms with E-state index in [1.54, 1.807) is 55.5 Å². The van der Waals surface area contributed by atoms with E-state index in [9.17, 15) is 19.1 Å². The van der Waals surface area contributed by atoms with Crippen molar-refractivity contribution in [3.63, 3.8) is 0 Å². The lowest BCUT2D eigenvalue weighted by Crippen LogP contribution is -2.14. The molecule has 0 fully saturated rings. The van der Waals surface area contributed by atoms with E-state index < -0.39 is 11.9 Å². The van der Waals surface area contributed by atoms with Crippen molar-refractivity contribution in [1.29, 1.82) is 0 Å².